The summed E-state index contributed by atoms with van der Waals surface area (Å²) < 4.78 is 19.4. The average molecular weight is 1060 g/mol. The van der Waals surface area contributed by atoms with Gasteiger partial charge in [0, 0.05) is 98.5 Å². The zero-order chi connectivity index (χ0) is 55.2. The molecule has 394 valence electrons. The number of hydrogen-bond donors (Lipinski definition) is 0. The highest BCUT2D eigenvalue weighted by molar-refractivity contribution is 6.29. The van der Waals surface area contributed by atoms with Gasteiger partial charge < -0.3 is 27.4 Å². The molecule has 0 aliphatic carbocycles. The van der Waals surface area contributed by atoms with Crippen LogP contribution in [0.2, 0.25) is 0 Å². The van der Waals surface area contributed by atoms with Crippen LogP contribution in [0.25, 0.3) is 120 Å². The van der Waals surface area contributed by atoms with Crippen LogP contribution in [0.3, 0.4) is 0 Å². The third-order valence-corrected chi connectivity index (χ3v) is 18.0. The predicted molar refractivity (Wildman–Crippen MR) is 347 cm³/mol. The van der Waals surface area contributed by atoms with Gasteiger partial charge in [-0.25, -0.2) is 0 Å². The van der Waals surface area contributed by atoms with Crippen molar-refractivity contribution in [2.24, 2.45) is 0 Å². The van der Waals surface area contributed by atoms with Gasteiger partial charge in [0.2, 0.25) is 0 Å². The van der Waals surface area contributed by atoms with Crippen molar-refractivity contribution in [1.29, 1.82) is 0 Å². The molecule has 0 atom stereocenters. The van der Waals surface area contributed by atoms with E-state index < -0.39 is 0 Å². The largest absolute Gasteiger partial charge is 0.454 e. The SMILES string of the molecule is Cc1ccc2c(oc3c(C(C)(C)C)cccc32)c1N(c1ccccc1)c1ccc2c3cccc4c5cc6c(cc5n(c2c1)c34)c1cccc2c3ccc(N(c4ccccc4)c4c(C)ccc5c4oc4c(C(C)(C)C)cccc45)cc3n6c21. The molecule has 0 saturated heterocycles. The van der Waals surface area contributed by atoms with Crippen LogP contribution in [0.15, 0.2) is 215 Å². The maximum absolute atomic E-state index is 7.14. The molecule has 17 aromatic rings. The van der Waals surface area contributed by atoms with Crippen LogP contribution in [0.5, 0.6) is 0 Å². The first-order chi connectivity index (χ1) is 39.8. The first-order valence-electron chi connectivity index (χ1n) is 28.7. The van der Waals surface area contributed by atoms with Crippen LogP contribution in [0.1, 0.15) is 63.8 Å². The summed E-state index contributed by atoms with van der Waals surface area (Å²) in [5.74, 6) is 0. The average Bonchev–Trinajstić information content (AvgIpc) is 3.96. The Labute approximate surface area is 473 Å². The van der Waals surface area contributed by atoms with Crippen molar-refractivity contribution in [3.63, 3.8) is 0 Å². The number of rotatable bonds is 6. The molecule has 0 radical (unpaired) electrons. The van der Waals surface area contributed by atoms with Gasteiger partial charge in [-0.3, -0.25) is 0 Å². The van der Waals surface area contributed by atoms with E-state index in [-0.39, 0.29) is 10.8 Å². The quantitative estimate of drug-likeness (QED) is 0.166. The van der Waals surface area contributed by atoms with Crippen molar-refractivity contribution < 1.29 is 8.83 Å². The van der Waals surface area contributed by atoms with Crippen molar-refractivity contribution in [2.45, 2.75) is 66.2 Å². The van der Waals surface area contributed by atoms with Gasteiger partial charge in [-0.2, -0.15) is 0 Å². The molecule has 6 heterocycles. The number of hydrogen-bond acceptors (Lipinski definition) is 4. The summed E-state index contributed by atoms with van der Waals surface area (Å²) in [5.41, 5.74) is 21.8. The number of fused-ring (bicyclic) bond motifs is 18. The normalized spacial score (nSPS) is 12.9. The maximum Gasteiger partial charge on any atom is 0.159 e. The number of para-hydroxylation sites is 6. The van der Waals surface area contributed by atoms with Crippen molar-refractivity contribution in [2.75, 3.05) is 9.80 Å². The Bertz CT molecular complexity index is 5160. The van der Waals surface area contributed by atoms with Gasteiger partial charge in [0.05, 0.1) is 44.5 Å². The third kappa shape index (κ3) is 6.35. The van der Waals surface area contributed by atoms with Gasteiger partial charge in [-0.15, -0.1) is 0 Å². The Kier molecular flexibility index (Phi) is 9.43. The van der Waals surface area contributed by atoms with E-state index >= 15 is 0 Å². The molecule has 6 nitrogen and oxygen atoms in total. The van der Waals surface area contributed by atoms with E-state index in [0.29, 0.717) is 0 Å². The molecule has 0 aliphatic heterocycles. The van der Waals surface area contributed by atoms with Gasteiger partial charge >= 0.3 is 0 Å². The van der Waals surface area contributed by atoms with Crippen LogP contribution in [-0.4, -0.2) is 8.80 Å². The lowest BCUT2D eigenvalue weighted by atomic mass is 9.86. The van der Waals surface area contributed by atoms with Crippen molar-refractivity contribution in [3.8, 4) is 0 Å². The lowest BCUT2D eigenvalue weighted by molar-refractivity contribution is 0.572. The fourth-order valence-electron chi connectivity index (χ4n) is 14.3. The number of nitrogens with zero attached hydrogens (tertiary/aromatic N) is 4. The zero-order valence-electron chi connectivity index (χ0n) is 47.2. The molecule has 0 N–H and O–H groups in total. The molecule has 0 fully saturated rings. The molecule has 0 saturated carbocycles. The highest BCUT2D eigenvalue weighted by Gasteiger charge is 2.30. The van der Waals surface area contributed by atoms with Crippen molar-refractivity contribution in [3.05, 3.63) is 229 Å². The van der Waals surface area contributed by atoms with E-state index in [0.717, 1.165) is 89.1 Å². The topological polar surface area (TPSA) is 41.6 Å². The minimum Gasteiger partial charge on any atom is -0.454 e. The van der Waals surface area contributed by atoms with E-state index in [4.69, 9.17) is 8.83 Å². The van der Waals surface area contributed by atoms with E-state index in [1.807, 2.05) is 0 Å². The van der Waals surface area contributed by atoms with E-state index in [1.54, 1.807) is 0 Å². The summed E-state index contributed by atoms with van der Waals surface area (Å²) in [7, 11) is 0. The van der Waals surface area contributed by atoms with Crippen LogP contribution in [-0.2, 0) is 10.8 Å². The molecule has 0 unspecified atom stereocenters. The fourth-order valence-corrected chi connectivity index (χ4v) is 14.3. The Hall–Kier alpha value is -9.78. The second kappa shape index (κ2) is 16.4. The van der Waals surface area contributed by atoms with Crippen molar-refractivity contribution >= 4 is 154 Å². The van der Waals surface area contributed by atoms with Crippen LogP contribution >= 0.6 is 0 Å². The summed E-state index contributed by atoms with van der Waals surface area (Å²) in [6.45, 7) is 18.0. The smallest absolute Gasteiger partial charge is 0.159 e. The first kappa shape index (κ1) is 47.1. The minimum absolute atomic E-state index is 0.0933. The molecule has 0 spiro atoms. The Morgan fingerprint density at radius 1 is 0.293 bits per heavy atom. The van der Waals surface area contributed by atoms with E-state index in [2.05, 4.69) is 280 Å². The van der Waals surface area contributed by atoms with Gasteiger partial charge in [0.25, 0.3) is 0 Å². The molecule has 0 aliphatic rings. The van der Waals surface area contributed by atoms with Gasteiger partial charge in [0.15, 0.2) is 11.2 Å². The van der Waals surface area contributed by atoms with E-state index in [1.165, 1.54) is 87.3 Å². The van der Waals surface area contributed by atoms with Gasteiger partial charge in [-0.1, -0.05) is 187 Å². The number of aryl methyl sites for hydroxylation is 2. The third-order valence-electron chi connectivity index (χ3n) is 18.0. The lowest BCUT2D eigenvalue weighted by Crippen LogP contribution is -2.11. The molecular weight excluding hydrogens is 1000 g/mol. The molecular formula is C76H58N4O2. The Morgan fingerprint density at radius 3 is 1.04 bits per heavy atom. The maximum atomic E-state index is 7.14. The summed E-state index contributed by atoms with van der Waals surface area (Å²) in [6.07, 6.45) is 0. The molecule has 17 rings (SSSR count). The molecule has 11 aromatic carbocycles. The summed E-state index contributed by atoms with van der Waals surface area (Å²) in [6, 6.07) is 76.5. The number of benzene rings is 11. The summed E-state index contributed by atoms with van der Waals surface area (Å²) in [5, 5.41) is 14.4. The molecule has 6 heteroatoms. The zero-order valence-corrected chi connectivity index (χ0v) is 47.2. The first-order valence-corrected chi connectivity index (χ1v) is 28.7. The van der Waals surface area contributed by atoms with Crippen molar-refractivity contribution in [1.82, 2.24) is 8.80 Å². The van der Waals surface area contributed by atoms with Crippen LogP contribution in [0.4, 0.5) is 34.1 Å². The van der Waals surface area contributed by atoms with Gasteiger partial charge in [-0.05, 0) is 96.5 Å². The molecule has 0 bridgehead atoms. The summed E-state index contributed by atoms with van der Waals surface area (Å²) >= 11 is 0. The fraction of sp³-hybridized carbons (Fsp3) is 0.132. The number of anilines is 6. The number of furan rings is 2. The molecule has 6 aromatic heterocycles. The van der Waals surface area contributed by atoms with Crippen LogP contribution < -0.4 is 9.80 Å². The second-order valence-electron chi connectivity index (χ2n) is 25.0. The standard InChI is InChI=1S/C76H58N4O2/c1-43-31-35-57-55-27-17-29-61(75(3,4)5)71(55)81-73(57)67(43)77(45-19-11-9-12-20-45)47-33-37-49-51-23-15-25-53-59-42-66-60(41-65(59)79(69(51)53)63(49)39-47)54-26-16-24-52-50-38-34-48(40-64(50)80(66)70(52)54)78(46-21-13-10-14-22-46)68-44(2)32-36-58-56-28-18-30-62(76(6,7)8)72(56)82-74(58)68/h9-42H,1-8H3. The monoisotopic (exact) mass is 1060 g/mol. The second-order valence-corrected chi connectivity index (χ2v) is 25.0. The van der Waals surface area contributed by atoms with E-state index in [9.17, 15) is 0 Å². The minimum atomic E-state index is -0.0933. The Balaban J connectivity index is 0.896. The molecule has 0 amide bonds. The Morgan fingerprint density at radius 2 is 0.634 bits per heavy atom. The lowest BCUT2D eigenvalue weighted by Gasteiger charge is -2.27. The van der Waals surface area contributed by atoms with Crippen LogP contribution in [0, 0.1) is 13.8 Å². The highest BCUT2D eigenvalue weighted by Crippen LogP contribution is 2.51. The number of aromatic nitrogens is 2. The predicted octanol–water partition coefficient (Wildman–Crippen LogP) is 21.9. The highest BCUT2D eigenvalue weighted by atomic mass is 16.3. The summed E-state index contributed by atoms with van der Waals surface area (Å²) in [4.78, 5) is 4.82. The molecule has 82 heavy (non-hydrogen) atoms. The van der Waals surface area contributed by atoms with Gasteiger partial charge in [0.1, 0.15) is 11.2 Å².